The predicted molar refractivity (Wildman–Crippen MR) is 78.7 cm³/mol. The topological polar surface area (TPSA) is 95.5 Å². The number of carbonyl (C=O) groups excluding carboxylic acids is 2. The van der Waals surface area contributed by atoms with Gasteiger partial charge < -0.3 is 10.4 Å². The van der Waals surface area contributed by atoms with E-state index in [9.17, 15) is 14.4 Å². The smallest absolute Gasteiger partial charge is 0.321 e. The standard InChI is InChI=1S/C15H26N2O4/c1-4-10-7-5-6-8-11(10)16-14(21)17-12(18)9-15(2,3)13(19)20/h10-11H,4-9H2,1-3H3,(H,19,20)(H2,16,17,18,21). The SMILES string of the molecule is CCC1CCCCC1NC(=O)NC(=O)CC(C)(C)C(=O)O. The molecule has 6 heteroatoms. The molecular formula is C15H26N2O4. The van der Waals surface area contributed by atoms with Crippen molar-refractivity contribution < 1.29 is 19.5 Å². The van der Waals surface area contributed by atoms with Crippen molar-refractivity contribution in [2.75, 3.05) is 0 Å². The number of hydrogen-bond donors (Lipinski definition) is 3. The van der Waals surface area contributed by atoms with Crippen LogP contribution in [0, 0.1) is 11.3 Å². The van der Waals surface area contributed by atoms with Crippen molar-refractivity contribution in [3.8, 4) is 0 Å². The maximum atomic E-state index is 11.8. The van der Waals surface area contributed by atoms with Crippen LogP contribution in [0.1, 0.15) is 59.3 Å². The maximum Gasteiger partial charge on any atom is 0.321 e. The Hall–Kier alpha value is -1.59. The van der Waals surface area contributed by atoms with Gasteiger partial charge in [-0.1, -0.05) is 26.2 Å². The summed E-state index contributed by atoms with van der Waals surface area (Å²) in [5.74, 6) is -1.17. The highest BCUT2D eigenvalue weighted by Crippen LogP contribution is 2.26. The van der Waals surface area contributed by atoms with E-state index >= 15 is 0 Å². The third kappa shape index (κ3) is 5.36. The molecule has 1 aliphatic rings. The molecule has 1 rings (SSSR count). The quantitative estimate of drug-likeness (QED) is 0.725. The summed E-state index contributed by atoms with van der Waals surface area (Å²) in [7, 11) is 0. The molecule has 2 atom stereocenters. The minimum atomic E-state index is -1.18. The summed E-state index contributed by atoms with van der Waals surface area (Å²) in [6, 6.07) is -0.421. The van der Waals surface area contributed by atoms with Crippen LogP contribution in [-0.2, 0) is 9.59 Å². The van der Waals surface area contributed by atoms with Gasteiger partial charge in [0.05, 0.1) is 5.41 Å². The number of urea groups is 1. The van der Waals surface area contributed by atoms with Gasteiger partial charge >= 0.3 is 12.0 Å². The van der Waals surface area contributed by atoms with E-state index in [1.807, 2.05) is 0 Å². The Labute approximate surface area is 125 Å². The van der Waals surface area contributed by atoms with Gasteiger partial charge in [-0.15, -0.1) is 0 Å². The van der Waals surface area contributed by atoms with Crippen LogP contribution in [0.3, 0.4) is 0 Å². The van der Waals surface area contributed by atoms with Crippen molar-refractivity contribution in [2.24, 2.45) is 11.3 Å². The molecule has 0 spiro atoms. The van der Waals surface area contributed by atoms with Gasteiger partial charge in [0.15, 0.2) is 0 Å². The van der Waals surface area contributed by atoms with E-state index in [0.717, 1.165) is 25.7 Å². The summed E-state index contributed by atoms with van der Waals surface area (Å²) in [6.07, 6.45) is 5.08. The summed E-state index contributed by atoms with van der Waals surface area (Å²) in [4.78, 5) is 34.5. The Morgan fingerprint density at radius 2 is 1.81 bits per heavy atom. The molecule has 21 heavy (non-hydrogen) atoms. The van der Waals surface area contributed by atoms with Gasteiger partial charge in [-0.2, -0.15) is 0 Å². The molecule has 1 saturated carbocycles. The minimum absolute atomic E-state index is 0.101. The molecule has 1 fully saturated rings. The lowest BCUT2D eigenvalue weighted by Gasteiger charge is -2.31. The van der Waals surface area contributed by atoms with Crippen LogP contribution >= 0.6 is 0 Å². The second-order valence-electron chi connectivity index (χ2n) is 6.45. The van der Waals surface area contributed by atoms with Gasteiger partial charge in [-0.3, -0.25) is 14.9 Å². The molecule has 3 amide bonds. The molecule has 0 radical (unpaired) electrons. The Bertz CT molecular complexity index is 406. The molecule has 0 aromatic rings. The molecule has 0 aromatic heterocycles. The van der Waals surface area contributed by atoms with Crippen LogP contribution in [-0.4, -0.2) is 29.1 Å². The van der Waals surface area contributed by atoms with Gasteiger partial charge in [0, 0.05) is 12.5 Å². The number of carboxylic acids is 1. The highest BCUT2D eigenvalue weighted by molar-refractivity contribution is 5.96. The summed E-state index contributed by atoms with van der Waals surface area (Å²) in [5.41, 5.74) is -1.18. The molecule has 2 unspecified atom stereocenters. The fourth-order valence-electron chi connectivity index (χ4n) is 2.74. The second-order valence-corrected chi connectivity index (χ2v) is 6.45. The maximum absolute atomic E-state index is 11.8. The lowest BCUT2D eigenvalue weighted by Crippen LogP contribution is -2.49. The summed E-state index contributed by atoms with van der Waals surface area (Å²) < 4.78 is 0. The number of carboxylic acid groups (broad SMARTS) is 1. The number of amides is 3. The van der Waals surface area contributed by atoms with E-state index in [1.54, 1.807) is 0 Å². The van der Waals surface area contributed by atoms with Crippen molar-refractivity contribution in [1.82, 2.24) is 10.6 Å². The van der Waals surface area contributed by atoms with Crippen molar-refractivity contribution in [3.05, 3.63) is 0 Å². The van der Waals surface area contributed by atoms with E-state index in [2.05, 4.69) is 17.6 Å². The van der Waals surface area contributed by atoms with Gasteiger partial charge in [-0.05, 0) is 32.6 Å². The number of aliphatic carboxylic acids is 1. The van der Waals surface area contributed by atoms with Crippen LogP contribution in [0.15, 0.2) is 0 Å². The zero-order valence-corrected chi connectivity index (χ0v) is 13.1. The highest BCUT2D eigenvalue weighted by atomic mass is 16.4. The number of imide groups is 1. The molecular weight excluding hydrogens is 272 g/mol. The molecule has 120 valence electrons. The number of carbonyl (C=O) groups is 3. The average Bonchev–Trinajstić information content (AvgIpc) is 2.38. The van der Waals surface area contributed by atoms with E-state index in [4.69, 9.17) is 5.11 Å². The molecule has 0 saturated heterocycles. The van der Waals surface area contributed by atoms with Crippen molar-refractivity contribution in [1.29, 1.82) is 0 Å². The Morgan fingerprint density at radius 1 is 1.19 bits per heavy atom. The largest absolute Gasteiger partial charge is 0.481 e. The van der Waals surface area contributed by atoms with Crippen molar-refractivity contribution in [2.45, 2.75) is 65.3 Å². The van der Waals surface area contributed by atoms with E-state index < -0.39 is 23.3 Å². The monoisotopic (exact) mass is 298 g/mol. The highest BCUT2D eigenvalue weighted by Gasteiger charge is 2.31. The van der Waals surface area contributed by atoms with Crippen LogP contribution in [0.2, 0.25) is 0 Å². The minimum Gasteiger partial charge on any atom is -0.481 e. The predicted octanol–water partition coefficient (Wildman–Crippen LogP) is 2.28. The third-order valence-corrected chi connectivity index (χ3v) is 4.18. The third-order valence-electron chi connectivity index (χ3n) is 4.18. The van der Waals surface area contributed by atoms with Crippen LogP contribution in [0.5, 0.6) is 0 Å². The lowest BCUT2D eigenvalue weighted by molar-refractivity contribution is -0.149. The van der Waals surface area contributed by atoms with E-state index in [0.29, 0.717) is 5.92 Å². The van der Waals surface area contributed by atoms with Gasteiger partial charge in [0.1, 0.15) is 0 Å². The molecule has 1 aliphatic carbocycles. The Balaban J connectivity index is 2.46. The zero-order chi connectivity index (χ0) is 16.0. The van der Waals surface area contributed by atoms with Gasteiger partial charge in [0.2, 0.25) is 5.91 Å². The first-order valence-corrected chi connectivity index (χ1v) is 7.60. The lowest BCUT2D eigenvalue weighted by atomic mass is 9.83. The van der Waals surface area contributed by atoms with Crippen LogP contribution in [0.4, 0.5) is 4.79 Å². The number of rotatable bonds is 5. The number of nitrogens with one attached hydrogen (secondary N) is 2. The fourth-order valence-corrected chi connectivity index (χ4v) is 2.74. The molecule has 0 heterocycles. The number of hydrogen-bond acceptors (Lipinski definition) is 3. The normalized spacial score (nSPS) is 22.4. The second kappa shape index (κ2) is 7.43. The zero-order valence-electron chi connectivity index (χ0n) is 13.1. The molecule has 0 aliphatic heterocycles. The van der Waals surface area contributed by atoms with Crippen molar-refractivity contribution in [3.63, 3.8) is 0 Å². The molecule has 6 nitrogen and oxygen atoms in total. The average molecular weight is 298 g/mol. The van der Waals surface area contributed by atoms with Crippen molar-refractivity contribution >= 4 is 17.9 Å². The first-order valence-electron chi connectivity index (χ1n) is 7.60. The van der Waals surface area contributed by atoms with Gasteiger partial charge in [0.25, 0.3) is 0 Å². The summed E-state index contributed by atoms with van der Waals surface area (Å²) >= 11 is 0. The summed E-state index contributed by atoms with van der Waals surface area (Å²) in [5, 5.41) is 14.0. The van der Waals surface area contributed by atoms with E-state index in [1.165, 1.54) is 20.3 Å². The first kappa shape index (κ1) is 17.5. The van der Waals surface area contributed by atoms with Crippen LogP contribution < -0.4 is 10.6 Å². The first-order chi connectivity index (χ1) is 9.76. The molecule has 3 N–H and O–H groups in total. The Morgan fingerprint density at radius 3 is 2.38 bits per heavy atom. The summed E-state index contributed by atoms with van der Waals surface area (Å²) in [6.45, 7) is 5.02. The van der Waals surface area contributed by atoms with Gasteiger partial charge in [-0.25, -0.2) is 4.79 Å². The Kier molecular flexibility index (Phi) is 6.18. The van der Waals surface area contributed by atoms with Crippen LogP contribution in [0.25, 0.3) is 0 Å². The molecule has 0 bridgehead atoms. The molecule has 0 aromatic carbocycles. The van der Waals surface area contributed by atoms with E-state index in [-0.39, 0.29) is 12.5 Å². The fraction of sp³-hybridized carbons (Fsp3) is 0.800.